The number of hydrazine groups is 1. The topological polar surface area (TPSA) is 96.9 Å². The summed E-state index contributed by atoms with van der Waals surface area (Å²) in [6, 6.07) is 1.18. The standard InChI is InChI=1S/C28H40N8S/c29-21-9-11-22(12-10-21)31-28-32-26(25-27(33-28)36(18-30-25)23-6-2-3-7-23)34-35-15-13-19(14-16-35)17-20-5-1-4-8-24(20)37/h1,4-5,18-19,21-23H,2-3,6-17,29H2,(H2,31,32,33,34)/t21-,22-. The molecule has 1 aliphatic heterocycles. The van der Waals surface area contributed by atoms with E-state index in [0.29, 0.717) is 30.0 Å². The van der Waals surface area contributed by atoms with Crippen molar-refractivity contribution in [3.8, 4) is 0 Å². The van der Waals surface area contributed by atoms with Crippen LogP contribution >= 0.6 is 12.2 Å². The van der Waals surface area contributed by atoms with Gasteiger partial charge >= 0.3 is 0 Å². The number of anilines is 2. The molecule has 0 spiro atoms. The van der Waals surface area contributed by atoms with Crippen LogP contribution in [0.4, 0.5) is 11.8 Å². The molecule has 6 rings (SSSR count). The fraction of sp³-hybridized carbons (Fsp3) is 0.643. The molecule has 0 unspecified atom stereocenters. The first-order valence-corrected chi connectivity index (χ1v) is 14.7. The van der Waals surface area contributed by atoms with E-state index in [0.717, 1.165) is 86.3 Å². The van der Waals surface area contributed by atoms with Crippen molar-refractivity contribution in [3.05, 3.63) is 30.1 Å². The van der Waals surface area contributed by atoms with Crippen molar-refractivity contribution < 1.29 is 0 Å². The number of hydrogen-bond acceptors (Lipinski definition) is 8. The molecule has 2 aromatic rings. The van der Waals surface area contributed by atoms with E-state index < -0.39 is 0 Å². The summed E-state index contributed by atoms with van der Waals surface area (Å²) < 4.78 is 2.29. The Bertz CT molecular complexity index is 1160. The summed E-state index contributed by atoms with van der Waals surface area (Å²) in [4.78, 5) is 15.9. The quantitative estimate of drug-likeness (QED) is 0.423. The zero-order valence-corrected chi connectivity index (χ0v) is 22.6. The second-order valence-electron chi connectivity index (χ2n) is 11.4. The first kappa shape index (κ1) is 24.9. The fourth-order valence-electron chi connectivity index (χ4n) is 6.43. The third kappa shape index (κ3) is 5.73. The Balaban J connectivity index is 1.18. The smallest absolute Gasteiger partial charge is 0.227 e. The second-order valence-corrected chi connectivity index (χ2v) is 11.9. The molecule has 37 heavy (non-hydrogen) atoms. The lowest BCUT2D eigenvalue weighted by atomic mass is 9.87. The van der Waals surface area contributed by atoms with E-state index in [1.54, 1.807) is 0 Å². The summed E-state index contributed by atoms with van der Waals surface area (Å²) in [5, 5.41) is 5.94. The highest BCUT2D eigenvalue weighted by molar-refractivity contribution is 7.80. The van der Waals surface area contributed by atoms with Crippen LogP contribution in [0.15, 0.2) is 30.1 Å². The molecule has 2 saturated carbocycles. The van der Waals surface area contributed by atoms with Crippen LogP contribution in [0.25, 0.3) is 11.2 Å². The number of nitrogens with two attached hydrogens (primary N) is 1. The van der Waals surface area contributed by atoms with Gasteiger partial charge in [0.25, 0.3) is 0 Å². The highest BCUT2D eigenvalue weighted by atomic mass is 32.1. The van der Waals surface area contributed by atoms with E-state index in [4.69, 9.17) is 32.9 Å². The third-order valence-corrected chi connectivity index (χ3v) is 9.16. The monoisotopic (exact) mass is 520 g/mol. The van der Waals surface area contributed by atoms with Crippen LogP contribution in [0.1, 0.15) is 83.1 Å². The summed E-state index contributed by atoms with van der Waals surface area (Å²) in [6.45, 7) is 1.97. The van der Waals surface area contributed by atoms with Crippen molar-refractivity contribution >= 4 is 40.0 Å². The zero-order chi connectivity index (χ0) is 25.2. The number of allylic oxidation sites excluding steroid dienone is 4. The van der Waals surface area contributed by atoms with E-state index in [1.165, 1.54) is 31.3 Å². The first-order chi connectivity index (χ1) is 18.1. The molecular formula is C28H40N8S. The van der Waals surface area contributed by atoms with Gasteiger partial charge in [0.2, 0.25) is 5.95 Å². The summed E-state index contributed by atoms with van der Waals surface area (Å²) >= 11 is 5.59. The van der Waals surface area contributed by atoms with Crippen LogP contribution in [0, 0.1) is 5.92 Å². The van der Waals surface area contributed by atoms with E-state index in [1.807, 2.05) is 6.33 Å². The number of rotatable bonds is 7. The van der Waals surface area contributed by atoms with E-state index in [2.05, 4.69) is 38.5 Å². The largest absolute Gasteiger partial charge is 0.351 e. The number of imidazole rings is 1. The molecule has 0 radical (unpaired) electrons. The Labute approximate surface area is 225 Å². The summed E-state index contributed by atoms with van der Waals surface area (Å²) in [7, 11) is 0. The lowest BCUT2D eigenvalue weighted by molar-refractivity contribution is 0.217. The first-order valence-electron chi connectivity index (χ1n) is 14.3. The predicted octanol–water partition coefficient (Wildman–Crippen LogP) is 5.31. The van der Waals surface area contributed by atoms with Crippen LogP contribution in [-0.2, 0) is 0 Å². The van der Waals surface area contributed by atoms with Gasteiger partial charge in [-0.1, -0.05) is 43.3 Å². The molecule has 3 fully saturated rings. The highest BCUT2D eigenvalue weighted by Crippen LogP contribution is 2.34. The number of hydrogen-bond donors (Lipinski definition) is 3. The molecule has 3 aliphatic carbocycles. The maximum absolute atomic E-state index is 6.14. The number of aromatic nitrogens is 4. The number of nitrogens with zero attached hydrogens (tertiary/aromatic N) is 5. The van der Waals surface area contributed by atoms with Crippen LogP contribution in [0.3, 0.4) is 0 Å². The molecule has 198 valence electrons. The molecule has 4 aliphatic rings. The maximum atomic E-state index is 6.14. The molecule has 0 bridgehead atoms. The normalized spacial score (nSPS) is 26.1. The summed E-state index contributed by atoms with van der Waals surface area (Å²) in [6.07, 6.45) is 22.0. The van der Waals surface area contributed by atoms with Crippen molar-refractivity contribution in [1.82, 2.24) is 24.5 Å². The average molecular weight is 521 g/mol. The van der Waals surface area contributed by atoms with Gasteiger partial charge in [0.05, 0.1) is 6.33 Å². The Kier molecular flexibility index (Phi) is 7.53. The summed E-state index contributed by atoms with van der Waals surface area (Å²) in [5.74, 6) is 2.20. The van der Waals surface area contributed by atoms with Crippen LogP contribution in [-0.4, -0.2) is 54.6 Å². The minimum Gasteiger partial charge on any atom is -0.351 e. The van der Waals surface area contributed by atoms with Gasteiger partial charge in [-0.3, -0.25) is 0 Å². The van der Waals surface area contributed by atoms with Gasteiger partial charge in [0, 0.05) is 42.5 Å². The average Bonchev–Trinajstić information content (AvgIpc) is 3.58. The number of thiocarbonyl (C=S) groups is 1. The Morgan fingerprint density at radius 3 is 2.54 bits per heavy atom. The molecular weight excluding hydrogens is 480 g/mol. The van der Waals surface area contributed by atoms with Crippen molar-refractivity contribution in [3.63, 3.8) is 0 Å². The second kappa shape index (κ2) is 11.2. The van der Waals surface area contributed by atoms with Crippen molar-refractivity contribution in [2.75, 3.05) is 23.8 Å². The van der Waals surface area contributed by atoms with Crippen molar-refractivity contribution in [2.45, 2.75) is 95.2 Å². The van der Waals surface area contributed by atoms with Gasteiger partial charge in [-0.15, -0.1) is 0 Å². The van der Waals surface area contributed by atoms with Crippen molar-refractivity contribution in [1.29, 1.82) is 0 Å². The van der Waals surface area contributed by atoms with Crippen LogP contribution in [0.2, 0.25) is 0 Å². The number of piperidine rings is 1. The molecule has 8 nitrogen and oxygen atoms in total. The maximum Gasteiger partial charge on any atom is 0.227 e. The molecule has 0 atom stereocenters. The molecule has 3 heterocycles. The SMILES string of the molecule is N[C@H]1CC[C@H](Nc2nc(NN3CCC(CC4=CC=CCC4=S)CC3)c3ncn(C4CCCC4)c3n2)CC1. The van der Waals surface area contributed by atoms with Crippen molar-refractivity contribution in [2.24, 2.45) is 11.7 Å². The van der Waals surface area contributed by atoms with E-state index in [9.17, 15) is 0 Å². The minimum atomic E-state index is 0.326. The van der Waals surface area contributed by atoms with Gasteiger partial charge < -0.3 is 21.0 Å². The fourth-order valence-corrected chi connectivity index (χ4v) is 6.68. The van der Waals surface area contributed by atoms with E-state index >= 15 is 0 Å². The molecule has 0 amide bonds. The molecule has 1 saturated heterocycles. The van der Waals surface area contributed by atoms with Gasteiger partial charge in [0.15, 0.2) is 17.0 Å². The molecule has 0 aromatic carbocycles. The van der Waals surface area contributed by atoms with Gasteiger partial charge in [-0.25, -0.2) is 9.99 Å². The predicted molar refractivity (Wildman–Crippen MR) is 154 cm³/mol. The zero-order valence-electron chi connectivity index (χ0n) is 21.7. The van der Waals surface area contributed by atoms with E-state index in [-0.39, 0.29) is 0 Å². The van der Waals surface area contributed by atoms with Gasteiger partial charge in [-0.05, 0) is 69.3 Å². The number of fused-ring (bicyclic) bond motifs is 1. The molecule has 4 N–H and O–H groups in total. The van der Waals surface area contributed by atoms with Crippen LogP contribution < -0.4 is 16.5 Å². The Morgan fingerprint density at radius 1 is 1.00 bits per heavy atom. The minimum absolute atomic E-state index is 0.326. The summed E-state index contributed by atoms with van der Waals surface area (Å²) in [5.41, 5.74) is 13.0. The van der Waals surface area contributed by atoms with Gasteiger partial charge in [-0.2, -0.15) is 9.97 Å². The Morgan fingerprint density at radius 2 is 1.78 bits per heavy atom. The van der Waals surface area contributed by atoms with Crippen LogP contribution in [0.5, 0.6) is 0 Å². The third-order valence-electron chi connectivity index (χ3n) is 8.73. The number of nitrogens with one attached hydrogen (secondary N) is 2. The van der Waals surface area contributed by atoms with Gasteiger partial charge in [0.1, 0.15) is 0 Å². The molecule has 9 heteroatoms. The Hall–Kier alpha value is -2.36. The molecule has 2 aromatic heterocycles. The highest BCUT2D eigenvalue weighted by Gasteiger charge is 2.26. The lowest BCUT2D eigenvalue weighted by Crippen LogP contribution is -2.38. The lowest BCUT2D eigenvalue weighted by Gasteiger charge is -2.33.